The molecule has 30 heavy (non-hydrogen) atoms. The van der Waals surface area contributed by atoms with Gasteiger partial charge in [0.05, 0.1) is 25.6 Å². The first-order valence-electron chi connectivity index (χ1n) is 9.58. The van der Waals surface area contributed by atoms with Gasteiger partial charge in [-0.25, -0.2) is 9.48 Å². The van der Waals surface area contributed by atoms with Gasteiger partial charge in [-0.1, -0.05) is 19.1 Å². The number of carboxylic acid groups (broad SMARTS) is 1. The number of aromatic nitrogens is 4. The Labute approximate surface area is 173 Å². The van der Waals surface area contributed by atoms with Crippen LogP contribution in [0.5, 0.6) is 0 Å². The molecule has 1 aliphatic rings. The second-order valence-corrected chi connectivity index (χ2v) is 7.96. The monoisotopic (exact) mass is 409 g/mol. The summed E-state index contributed by atoms with van der Waals surface area (Å²) in [5.74, 6) is 0. The van der Waals surface area contributed by atoms with E-state index in [1.165, 1.54) is 11.0 Å². The zero-order valence-corrected chi connectivity index (χ0v) is 16.9. The lowest BCUT2D eigenvalue weighted by atomic mass is 9.88. The van der Waals surface area contributed by atoms with Crippen LogP contribution < -0.4 is 10.3 Å². The molecule has 0 atom stereocenters. The van der Waals surface area contributed by atoms with Crippen molar-refractivity contribution < 1.29 is 14.6 Å². The van der Waals surface area contributed by atoms with E-state index in [0.29, 0.717) is 37.6 Å². The third-order valence-electron chi connectivity index (χ3n) is 5.10. The number of hydrogen-bond donors (Lipinski definition) is 1. The molecule has 1 aromatic carbocycles. The van der Waals surface area contributed by atoms with E-state index in [1.807, 2.05) is 20.0 Å². The van der Waals surface area contributed by atoms with E-state index in [4.69, 9.17) is 4.74 Å². The Hall–Kier alpha value is -3.46. The molecule has 1 N–H and O–H groups in total. The molecular weight excluding hydrogens is 386 g/mol. The molecule has 3 aromatic rings. The molecule has 9 nitrogen and oxygen atoms in total. The number of rotatable bonds is 6. The van der Waals surface area contributed by atoms with E-state index < -0.39 is 6.09 Å². The van der Waals surface area contributed by atoms with Crippen LogP contribution in [-0.2, 0) is 18.2 Å². The molecule has 1 amide bonds. The minimum Gasteiger partial charge on any atom is -0.465 e. The molecule has 156 valence electrons. The summed E-state index contributed by atoms with van der Waals surface area (Å²) in [6.45, 7) is 3.44. The Morgan fingerprint density at radius 1 is 1.33 bits per heavy atom. The normalized spacial score (nSPS) is 14.9. The Bertz CT molecular complexity index is 1130. The largest absolute Gasteiger partial charge is 0.465 e. The summed E-state index contributed by atoms with van der Waals surface area (Å²) in [7, 11) is 1.81. The first-order valence-corrected chi connectivity index (χ1v) is 9.58. The molecule has 3 heterocycles. The third-order valence-corrected chi connectivity index (χ3v) is 5.10. The van der Waals surface area contributed by atoms with Crippen molar-refractivity contribution in [3.8, 4) is 5.69 Å². The lowest BCUT2D eigenvalue weighted by Gasteiger charge is -2.41. The number of anilines is 1. The van der Waals surface area contributed by atoms with Crippen molar-refractivity contribution in [1.82, 2.24) is 19.6 Å². The SMILES string of the molecule is Cn1cc(-n2ccc(=O)c(Cc3cccc(N(CC4(C)COC4)C(=O)O)c3)n2)cn1. The lowest BCUT2D eigenvalue weighted by Crippen LogP contribution is -2.50. The standard InChI is InChI=1S/C21H23N5O4/c1-21(13-30-14-21)12-25(20(28)29)16-5-3-4-15(8-16)9-18-19(27)6-7-26(23-18)17-10-22-24(2)11-17/h3-8,10-11H,9,12-14H2,1-2H3,(H,28,29). The van der Waals surface area contributed by atoms with Crippen LogP contribution in [0.2, 0.25) is 0 Å². The summed E-state index contributed by atoms with van der Waals surface area (Å²) in [6, 6.07) is 8.68. The van der Waals surface area contributed by atoms with Gasteiger partial charge in [0.15, 0.2) is 0 Å². The fourth-order valence-electron chi connectivity index (χ4n) is 3.46. The predicted molar refractivity (Wildman–Crippen MR) is 110 cm³/mol. The van der Waals surface area contributed by atoms with Crippen molar-refractivity contribution in [2.24, 2.45) is 12.5 Å². The molecular formula is C21H23N5O4. The Morgan fingerprint density at radius 3 is 2.77 bits per heavy atom. The van der Waals surface area contributed by atoms with Crippen LogP contribution in [0, 0.1) is 5.41 Å². The summed E-state index contributed by atoms with van der Waals surface area (Å²) >= 11 is 0. The number of amides is 1. The summed E-state index contributed by atoms with van der Waals surface area (Å²) in [5, 5.41) is 18.3. The smallest absolute Gasteiger partial charge is 0.411 e. The van der Waals surface area contributed by atoms with Crippen LogP contribution in [0.1, 0.15) is 18.2 Å². The van der Waals surface area contributed by atoms with Crippen molar-refractivity contribution in [2.75, 3.05) is 24.7 Å². The molecule has 0 unspecified atom stereocenters. The molecule has 4 rings (SSSR count). The average Bonchev–Trinajstić information content (AvgIpc) is 3.13. The van der Waals surface area contributed by atoms with Gasteiger partial charge < -0.3 is 9.84 Å². The van der Waals surface area contributed by atoms with E-state index in [9.17, 15) is 14.7 Å². The number of hydrogen-bond acceptors (Lipinski definition) is 5. The van der Waals surface area contributed by atoms with Crippen molar-refractivity contribution in [3.05, 3.63) is 70.4 Å². The molecule has 1 fully saturated rings. The molecule has 2 aromatic heterocycles. The summed E-state index contributed by atoms with van der Waals surface area (Å²) in [4.78, 5) is 25.5. The zero-order chi connectivity index (χ0) is 21.3. The van der Waals surface area contributed by atoms with Gasteiger partial charge >= 0.3 is 6.09 Å². The average molecular weight is 409 g/mol. The van der Waals surface area contributed by atoms with Gasteiger partial charge in [0.2, 0.25) is 5.43 Å². The summed E-state index contributed by atoms with van der Waals surface area (Å²) in [6.07, 6.45) is 4.35. The number of aryl methyl sites for hydroxylation is 1. The molecule has 0 aliphatic carbocycles. The molecule has 0 radical (unpaired) electrons. The fraction of sp³-hybridized carbons (Fsp3) is 0.333. The zero-order valence-electron chi connectivity index (χ0n) is 16.9. The number of ether oxygens (including phenoxy) is 1. The van der Waals surface area contributed by atoms with Crippen LogP contribution in [-0.4, -0.2) is 50.5 Å². The molecule has 0 bridgehead atoms. The highest BCUT2D eigenvalue weighted by molar-refractivity contribution is 5.86. The van der Waals surface area contributed by atoms with Crippen LogP contribution >= 0.6 is 0 Å². The lowest BCUT2D eigenvalue weighted by molar-refractivity contribution is -0.0950. The number of benzene rings is 1. The van der Waals surface area contributed by atoms with E-state index in [0.717, 1.165) is 11.3 Å². The van der Waals surface area contributed by atoms with Gasteiger partial charge in [-0.15, -0.1) is 0 Å². The van der Waals surface area contributed by atoms with Crippen LogP contribution in [0.3, 0.4) is 0 Å². The summed E-state index contributed by atoms with van der Waals surface area (Å²) in [5.41, 5.74) is 2.14. The predicted octanol–water partition coefficient (Wildman–Crippen LogP) is 2.08. The van der Waals surface area contributed by atoms with Gasteiger partial charge in [0, 0.05) is 43.4 Å². The van der Waals surface area contributed by atoms with E-state index in [2.05, 4.69) is 10.2 Å². The maximum absolute atomic E-state index is 12.4. The van der Waals surface area contributed by atoms with Gasteiger partial charge in [0.25, 0.3) is 0 Å². The van der Waals surface area contributed by atoms with Crippen LogP contribution in [0.25, 0.3) is 5.69 Å². The minimum absolute atomic E-state index is 0.172. The highest BCUT2D eigenvalue weighted by Crippen LogP contribution is 2.30. The molecule has 0 saturated carbocycles. The molecule has 1 saturated heterocycles. The maximum Gasteiger partial charge on any atom is 0.411 e. The van der Waals surface area contributed by atoms with Crippen molar-refractivity contribution in [2.45, 2.75) is 13.3 Å². The van der Waals surface area contributed by atoms with Crippen LogP contribution in [0.4, 0.5) is 10.5 Å². The third kappa shape index (κ3) is 4.11. The molecule has 9 heteroatoms. The van der Waals surface area contributed by atoms with Gasteiger partial charge in [-0.3, -0.25) is 14.4 Å². The number of nitrogens with zero attached hydrogens (tertiary/aromatic N) is 5. The van der Waals surface area contributed by atoms with Gasteiger partial charge in [0.1, 0.15) is 11.4 Å². The van der Waals surface area contributed by atoms with Gasteiger partial charge in [-0.05, 0) is 17.7 Å². The maximum atomic E-state index is 12.4. The summed E-state index contributed by atoms with van der Waals surface area (Å²) < 4.78 is 8.51. The second-order valence-electron chi connectivity index (χ2n) is 7.96. The highest BCUT2D eigenvalue weighted by atomic mass is 16.5. The first kappa shape index (κ1) is 19.8. The van der Waals surface area contributed by atoms with Crippen molar-refractivity contribution in [3.63, 3.8) is 0 Å². The Morgan fingerprint density at radius 2 is 2.13 bits per heavy atom. The molecule has 1 aliphatic heterocycles. The highest BCUT2D eigenvalue weighted by Gasteiger charge is 2.37. The second kappa shape index (κ2) is 7.75. The van der Waals surface area contributed by atoms with E-state index in [1.54, 1.807) is 46.2 Å². The van der Waals surface area contributed by atoms with Crippen LogP contribution in [0.15, 0.2) is 53.7 Å². The quantitative estimate of drug-likeness (QED) is 0.669. The van der Waals surface area contributed by atoms with Gasteiger partial charge in [-0.2, -0.15) is 10.2 Å². The van der Waals surface area contributed by atoms with Crippen molar-refractivity contribution >= 4 is 11.8 Å². The molecule has 0 spiro atoms. The minimum atomic E-state index is -1.02. The van der Waals surface area contributed by atoms with Crippen molar-refractivity contribution in [1.29, 1.82) is 0 Å². The number of carbonyl (C=O) groups is 1. The van der Waals surface area contributed by atoms with E-state index in [-0.39, 0.29) is 10.8 Å². The van der Waals surface area contributed by atoms with E-state index >= 15 is 0 Å². The topological polar surface area (TPSA) is 102 Å². The Balaban J connectivity index is 1.60. The Kier molecular flexibility index (Phi) is 5.13. The fourth-order valence-corrected chi connectivity index (χ4v) is 3.46. The first-order chi connectivity index (χ1) is 14.3.